The van der Waals surface area contributed by atoms with Crippen LogP contribution in [0.3, 0.4) is 0 Å². The molecule has 0 N–H and O–H groups in total. The molecule has 0 unspecified atom stereocenters. The summed E-state index contributed by atoms with van der Waals surface area (Å²) >= 11 is 0. The number of hydrogen-bond donors (Lipinski definition) is 0. The van der Waals surface area contributed by atoms with E-state index < -0.39 is 5.97 Å². The summed E-state index contributed by atoms with van der Waals surface area (Å²) in [6, 6.07) is 5.49. The summed E-state index contributed by atoms with van der Waals surface area (Å²) in [6.45, 7) is 3.62. The van der Waals surface area contributed by atoms with Gasteiger partial charge in [-0.15, -0.1) is 0 Å². The van der Waals surface area contributed by atoms with Gasteiger partial charge in [-0.2, -0.15) is 4.89 Å². The van der Waals surface area contributed by atoms with Crippen molar-refractivity contribution in [2.24, 2.45) is 0 Å². The van der Waals surface area contributed by atoms with Gasteiger partial charge in [0, 0.05) is 22.8 Å². The molecule has 0 saturated carbocycles. The van der Waals surface area contributed by atoms with Gasteiger partial charge in [0.15, 0.2) is 0 Å². The SMILES string of the molecule is CCC(=O)OOCc1c(OC)cc2c(OC)c3c(OC)ccc(OC)c3c(OC)c2c1C. The van der Waals surface area contributed by atoms with E-state index in [9.17, 15) is 4.79 Å². The van der Waals surface area contributed by atoms with Crippen LogP contribution in [0.5, 0.6) is 28.7 Å². The normalized spacial score (nSPS) is 10.8. The molecular formula is C24H28O8. The third kappa shape index (κ3) is 3.82. The van der Waals surface area contributed by atoms with Crippen molar-refractivity contribution in [1.29, 1.82) is 0 Å². The maximum Gasteiger partial charge on any atom is 0.342 e. The van der Waals surface area contributed by atoms with Crippen LogP contribution in [0.15, 0.2) is 18.2 Å². The van der Waals surface area contributed by atoms with E-state index in [2.05, 4.69) is 0 Å². The highest BCUT2D eigenvalue weighted by Gasteiger charge is 2.26. The first kappa shape index (κ1) is 23.3. The molecule has 3 aromatic carbocycles. The van der Waals surface area contributed by atoms with Gasteiger partial charge in [0.2, 0.25) is 0 Å². The van der Waals surface area contributed by atoms with E-state index in [1.807, 2.05) is 25.1 Å². The number of hydrogen-bond acceptors (Lipinski definition) is 8. The fraction of sp³-hybridized carbons (Fsp3) is 0.375. The molecule has 0 aliphatic rings. The number of rotatable bonds is 9. The second-order valence-electron chi connectivity index (χ2n) is 6.96. The van der Waals surface area contributed by atoms with Crippen LogP contribution in [-0.4, -0.2) is 41.5 Å². The number of ether oxygens (including phenoxy) is 5. The molecule has 0 aliphatic heterocycles. The van der Waals surface area contributed by atoms with Crippen molar-refractivity contribution in [2.75, 3.05) is 35.5 Å². The molecule has 0 spiro atoms. The Labute approximate surface area is 186 Å². The molecule has 172 valence electrons. The van der Waals surface area contributed by atoms with Gasteiger partial charge < -0.3 is 23.7 Å². The molecule has 3 aromatic rings. The van der Waals surface area contributed by atoms with Crippen molar-refractivity contribution in [3.8, 4) is 28.7 Å². The molecule has 0 aliphatic carbocycles. The highest BCUT2D eigenvalue weighted by molar-refractivity contribution is 6.16. The molecule has 32 heavy (non-hydrogen) atoms. The average Bonchev–Trinajstić information content (AvgIpc) is 2.82. The van der Waals surface area contributed by atoms with Crippen LogP contribution in [0.25, 0.3) is 21.5 Å². The van der Waals surface area contributed by atoms with Gasteiger partial charge in [-0.25, -0.2) is 4.79 Å². The fourth-order valence-electron chi connectivity index (χ4n) is 3.91. The second-order valence-corrected chi connectivity index (χ2v) is 6.96. The standard InChI is InChI=1S/C24H28O8/c1-8-19(25)32-31-12-15-13(2)20-14(11-18(15)28-5)23(29-6)21-16(26-3)9-10-17(27-4)22(21)24(20)30-7/h9-11H,8,12H2,1-7H3. The highest BCUT2D eigenvalue weighted by atomic mass is 17.2. The molecule has 0 bridgehead atoms. The Kier molecular flexibility index (Phi) is 7.15. The monoisotopic (exact) mass is 444 g/mol. The van der Waals surface area contributed by atoms with E-state index >= 15 is 0 Å². The lowest BCUT2D eigenvalue weighted by Crippen LogP contribution is -2.06. The molecule has 3 rings (SSSR count). The van der Waals surface area contributed by atoms with Crippen molar-refractivity contribution in [2.45, 2.75) is 26.9 Å². The van der Waals surface area contributed by atoms with E-state index in [4.69, 9.17) is 33.5 Å². The Balaban J connectivity index is 2.42. The molecule has 0 atom stereocenters. The van der Waals surface area contributed by atoms with E-state index in [0.29, 0.717) is 34.3 Å². The van der Waals surface area contributed by atoms with Crippen molar-refractivity contribution in [3.63, 3.8) is 0 Å². The summed E-state index contributed by atoms with van der Waals surface area (Å²) < 4.78 is 28.6. The first-order valence-corrected chi connectivity index (χ1v) is 10.1. The van der Waals surface area contributed by atoms with Crippen LogP contribution in [0, 0.1) is 6.92 Å². The van der Waals surface area contributed by atoms with Crippen LogP contribution in [0.4, 0.5) is 0 Å². The topological polar surface area (TPSA) is 81.7 Å². The number of fused-ring (bicyclic) bond motifs is 2. The Hall–Kier alpha value is -3.39. The zero-order chi connectivity index (χ0) is 23.4. The quantitative estimate of drug-likeness (QED) is 0.266. The van der Waals surface area contributed by atoms with Crippen molar-refractivity contribution < 1.29 is 38.3 Å². The van der Waals surface area contributed by atoms with Gasteiger partial charge in [-0.1, -0.05) is 6.92 Å². The summed E-state index contributed by atoms with van der Waals surface area (Å²) in [5.74, 6) is 2.53. The summed E-state index contributed by atoms with van der Waals surface area (Å²) in [4.78, 5) is 21.5. The van der Waals surface area contributed by atoms with Crippen LogP contribution in [0.1, 0.15) is 24.5 Å². The van der Waals surface area contributed by atoms with Crippen LogP contribution < -0.4 is 23.7 Å². The van der Waals surface area contributed by atoms with Crippen molar-refractivity contribution in [3.05, 3.63) is 29.3 Å². The summed E-state index contributed by atoms with van der Waals surface area (Å²) in [7, 11) is 7.96. The minimum absolute atomic E-state index is 0.00936. The predicted molar refractivity (Wildman–Crippen MR) is 120 cm³/mol. The summed E-state index contributed by atoms with van der Waals surface area (Å²) in [6.07, 6.45) is 0.215. The number of benzene rings is 3. The summed E-state index contributed by atoms with van der Waals surface area (Å²) in [5.41, 5.74) is 1.54. The van der Waals surface area contributed by atoms with Crippen molar-refractivity contribution >= 4 is 27.5 Å². The molecule has 8 nitrogen and oxygen atoms in total. The van der Waals surface area contributed by atoms with E-state index in [-0.39, 0.29) is 13.0 Å². The third-order valence-electron chi connectivity index (χ3n) is 5.44. The summed E-state index contributed by atoms with van der Waals surface area (Å²) in [5, 5.41) is 3.01. The molecule has 0 amide bonds. The maximum absolute atomic E-state index is 11.5. The smallest absolute Gasteiger partial charge is 0.342 e. The molecule has 8 heteroatoms. The fourth-order valence-corrected chi connectivity index (χ4v) is 3.91. The van der Waals surface area contributed by atoms with Crippen LogP contribution in [0.2, 0.25) is 0 Å². The third-order valence-corrected chi connectivity index (χ3v) is 5.44. The highest BCUT2D eigenvalue weighted by Crippen LogP contribution is 2.52. The van der Waals surface area contributed by atoms with Gasteiger partial charge in [-0.05, 0) is 30.7 Å². The largest absolute Gasteiger partial charge is 0.496 e. The second kappa shape index (κ2) is 9.82. The molecular weight excluding hydrogens is 416 g/mol. The Morgan fingerprint density at radius 3 is 1.84 bits per heavy atom. The zero-order valence-electron chi connectivity index (χ0n) is 19.4. The van der Waals surface area contributed by atoms with Crippen LogP contribution >= 0.6 is 0 Å². The predicted octanol–water partition coefficient (Wildman–Crippen LogP) is 4.73. The number of carbonyl (C=O) groups excluding carboxylic acids is 1. The molecule has 0 fully saturated rings. The Bertz CT molecular complexity index is 1150. The first-order chi connectivity index (χ1) is 15.5. The molecule has 0 heterocycles. The average molecular weight is 444 g/mol. The first-order valence-electron chi connectivity index (χ1n) is 10.1. The van der Waals surface area contributed by atoms with E-state index in [1.165, 1.54) is 0 Å². The molecule has 0 saturated heterocycles. The molecule has 0 radical (unpaired) electrons. The minimum atomic E-state index is -0.454. The van der Waals surface area contributed by atoms with E-state index in [0.717, 1.165) is 27.1 Å². The number of methoxy groups -OCH3 is 5. The van der Waals surface area contributed by atoms with Crippen LogP contribution in [-0.2, 0) is 21.2 Å². The Morgan fingerprint density at radius 1 is 0.781 bits per heavy atom. The lowest BCUT2D eigenvalue weighted by Gasteiger charge is -2.22. The molecule has 0 aromatic heterocycles. The van der Waals surface area contributed by atoms with Gasteiger partial charge in [0.1, 0.15) is 35.4 Å². The number of aryl methyl sites for hydroxylation is 1. The lowest BCUT2D eigenvalue weighted by molar-refractivity contribution is -0.279. The van der Waals surface area contributed by atoms with Crippen molar-refractivity contribution in [1.82, 2.24) is 0 Å². The van der Waals surface area contributed by atoms with Gasteiger partial charge in [0.05, 0.1) is 46.3 Å². The Morgan fingerprint density at radius 2 is 1.34 bits per heavy atom. The lowest BCUT2D eigenvalue weighted by atomic mass is 9.93. The van der Waals surface area contributed by atoms with Gasteiger partial charge >= 0.3 is 5.97 Å². The van der Waals surface area contributed by atoms with Gasteiger partial charge in [-0.3, -0.25) is 4.89 Å². The zero-order valence-corrected chi connectivity index (χ0v) is 19.4. The maximum atomic E-state index is 11.5. The number of carbonyl (C=O) groups is 1. The van der Waals surface area contributed by atoms with Gasteiger partial charge in [0.25, 0.3) is 0 Å². The minimum Gasteiger partial charge on any atom is -0.496 e. The van der Waals surface area contributed by atoms with E-state index in [1.54, 1.807) is 42.5 Å².